The normalized spacial score (nSPS) is 12.2. The Morgan fingerprint density at radius 2 is 2.05 bits per heavy atom. The maximum atomic E-state index is 12.2. The Bertz CT molecular complexity index is 703. The molecule has 0 radical (unpaired) electrons. The lowest BCUT2D eigenvalue weighted by atomic mass is 10.2. The fourth-order valence-corrected chi connectivity index (χ4v) is 3.03. The average Bonchev–Trinajstić information content (AvgIpc) is 2.38. The Balaban J connectivity index is 2.49. The molecule has 0 aliphatic carbocycles. The minimum absolute atomic E-state index is 0.0548. The molecule has 7 heteroatoms. The molecule has 5 nitrogen and oxygen atoms in total. The van der Waals surface area contributed by atoms with Crippen LogP contribution in [0.4, 0.5) is 0 Å². The summed E-state index contributed by atoms with van der Waals surface area (Å²) in [7, 11) is -2.16. The Labute approximate surface area is 116 Å². The molecular weight excluding hydrogens is 288 g/mol. The van der Waals surface area contributed by atoms with Crippen molar-refractivity contribution in [2.45, 2.75) is 4.90 Å². The standard InChI is InChI=1S/C12H13ClN2O3S/c1-15(6-7-16)19(17,18)10-3-4-11-9(8-10)2-5-12(13)14-11/h2-5,8,16H,6-7H2,1H3. The van der Waals surface area contributed by atoms with Gasteiger partial charge in [-0.15, -0.1) is 0 Å². The van der Waals surface area contributed by atoms with E-state index < -0.39 is 10.0 Å². The van der Waals surface area contributed by atoms with Gasteiger partial charge in [-0.25, -0.2) is 13.4 Å². The fourth-order valence-electron chi connectivity index (χ4n) is 1.68. The van der Waals surface area contributed by atoms with E-state index in [4.69, 9.17) is 16.7 Å². The first-order valence-corrected chi connectivity index (χ1v) is 7.40. The molecule has 0 bridgehead atoms. The van der Waals surface area contributed by atoms with Crippen LogP contribution in [0.15, 0.2) is 35.2 Å². The average molecular weight is 301 g/mol. The van der Waals surface area contributed by atoms with E-state index in [1.165, 1.54) is 13.1 Å². The van der Waals surface area contributed by atoms with Crippen LogP contribution in [0.1, 0.15) is 0 Å². The van der Waals surface area contributed by atoms with E-state index in [1.54, 1.807) is 24.3 Å². The quantitative estimate of drug-likeness (QED) is 0.869. The third-order valence-corrected chi connectivity index (χ3v) is 4.81. The van der Waals surface area contributed by atoms with Crippen molar-refractivity contribution < 1.29 is 13.5 Å². The summed E-state index contributed by atoms with van der Waals surface area (Å²) in [5.74, 6) is 0. The fraction of sp³-hybridized carbons (Fsp3) is 0.250. The molecule has 1 N–H and O–H groups in total. The molecule has 0 saturated heterocycles. The molecule has 0 atom stereocenters. The predicted molar refractivity (Wildman–Crippen MR) is 73.7 cm³/mol. The van der Waals surface area contributed by atoms with Gasteiger partial charge in [-0.1, -0.05) is 11.6 Å². The minimum Gasteiger partial charge on any atom is -0.395 e. The minimum atomic E-state index is -3.59. The van der Waals surface area contributed by atoms with Gasteiger partial charge in [-0.3, -0.25) is 0 Å². The van der Waals surface area contributed by atoms with Crippen molar-refractivity contribution >= 4 is 32.5 Å². The van der Waals surface area contributed by atoms with E-state index >= 15 is 0 Å². The number of aliphatic hydroxyl groups excluding tert-OH is 1. The third kappa shape index (κ3) is 2.87. The summed E-state index contributed by atoms with van der Waals surface area (Å²) in [6.45, 7) is -0.167. The summed E-state index contributed by atoms with van der Waals surface area (Å²) in [6, 6.07) is 7.96. The number of hydrogen-bond donors (Lipinski definition) is 1. The van der Waals surface area contributed by atoms with Crippen LogP contribution in [-0.4, -0.2) is 43.0 Å². The van der Waals surface area contributed by atoms with Gasteiger partial charge in [0.05, 0.1) is 17.0 Å². The topological polar surface area (TPSA) is 70.5 Å². The largest absolute Gasteiger partial charge is 0.395 e. The molecule has 19 heavy (non-hydrogen) atoms. The summed E-state index contributed by atoms with van der Waals surface area (Å²) in [5, 5.41) is 9.88. The molecule has 2 aromatic rings. The number of hydrogen-bond acceptors (Lipinski definition) is 4. The monoisotopic (exact) mass is 300 g/mol. The first-order valence-electron chi connectivity index (χ1n) is 5.58. The van der Waals surface area contributed by atoms with E-state index in [2.05, 4.69) is 4.98 Å². The maximum absolute atomic E-state index is 12.2. The second kappa shape index (κ2) is 5.42. The number of fused-ring (bicyclic) bond motifs is 1. The van der Waals surface area contributed by atoms with Crippen LogP contribution in [0.25, 0.3) is 10.9 Å². The number of nitrogens with zero attached hydrogens (tertiary/aromatic N) is 2. The highest BCUT2D eigenvalue weighted by atomic mass is 35.5. The molecule has 0 aliphatic heterocycles. The van der Waals surface area contributed by atoms with Gasteiger partial charge in [0, 0.05) is 19.0 Å². The van der Waals surface area contributed by atoms with Crippen LogP contribution < -0.4 is 0 Å². The summed E-state index contributed by atoms with van der Waals surface area (Å²) in [4.78, 5) is 4.26. The highest BCUT2D eigenvalue weighted by molar-refractivity contribution is 7.89. The van der Waals surface area contributed by atoms with E-state index in [-0.39, 0.29) is 18.0 Å². The van der Waals surface area contributed by atoms with Crippen molar-refractivity contribution in [1.29, 1.82) is 0 Å². The van der Waals surface area contributed by atoms with Crippen molar-refractivity contribution in [2.24, 2.45) is 0 Å². The Kier molecular flexibility index (Phi) is 4.05. The van der Waals surface area contributed by atoms with Gasteiger partial charge in [-0.2, -0.15) is 4.31 Å². The van der Waals surface area contributed by atoms with Crippen molar-refractivity contribution in [3.63, 3.8) is 0 Å². The van der Waals surface area contributed by atoms with Gasteiger partial charge >= 0.3 is 0 Å². The highest BCUT2D eigenvalue weighted by Gasteiger charge is 2.20. The molecule has 0 saturated carbocycles. The molecule has 1 heterocycles. The molecule has 0 amide bonds. The summed E-state index contributed by atoms with van der Waals surface area (Å²) in [6.07, 6.45) is 0. The van der Waals surface area contributed by atoms with Crippen LogP contribution in [-0.2, 0) is 10.0 Å². The van der Waals surface area contributed by atoms with Crippen LogP contribution in [0.5, 0.6) is 0 Å². The van der Waals surface area contributed by atoms with E-state index in [1.807, 2.05) is 0 Å². The second-order valence-corrected chi connectivity index (χ2v) is 6.47. The molecular formula is C12H13ClN2O3S. The Morgan fingerprint density at radius 3 is 2.74 bits per heavy atom. The van der Waals surface area contributed by atoms with Gasteiger partial charge < -0.3 is 5.11 Å². The number of pyridine rings is 1. The number of likely N-dealkylation sites (N-methyl/N-ethyl adjacent to an activating group) is 1. The zero-order chi connectivity index (χ0) is 14.0. The van der Waals surface area contributed by atoms with Crippen LogP contribution in [0, 0.1) is 0 Å². The number of aliphatic hydroxyl groups is 1. The van der Waals surface area contributed by atoms with Gasteiger partial charge in [0.2, 0.25) is 10.0 Å². The maximum Gasteiger partial charge on any atom is 0.242 e. The summed E-state index contributed by atoms with van der Waals surface area (Å²) < 4.78 is 25.5. The van der Waals surface area contributed by atoms with Crippen molar-refractivity contribution in [2.75, 3.05) is 20.2 Å². The molecule has 1 aromatic heterocycles. The van der Waals surface area contributed by atoms with E-state index in [9.17, 15) is 8.42 Å². The molecule has 0 spiro atoms. The first-order chi connectivity index (χ1) is 8.95. The Morgan fingerprint density at radius 1 is 1.32 bits per heavy atom. The molecule has 0 unspecified atom stereocenters. The number of benzene rings is 1. The van der Waals surface area contributed by atoms with Gasteiger partial charge in [0.15, 0.2) is 0 Å². The number of sulfonamides is 1. The lowest BCUT2D eigenvalue weighted by Gasteiger charge is -2.16. The number of aromatic nitrogens is 1. The zero-order valence-corrected chi connectivity index (χ0v) is 11.8. The van der Waals surface area contributed by atoms with E-state index in [0.717, 1.165) is 4.31 Å². The van der Waals surface area contributed by atoms with Crippen LogP contribution >= 0.6 is 11.6 Å². The Hall–Kier alpha value is -1.21. The molecule has 0 fully saturated rings. The van der Waals surface area contributed by atoms with Gasteiger partial charge in [0.1, 0.15) is 5.15 Å². The molecule has 1 aromatic carbocycles. The van der Waals surface area contributed by atoms with Crippen molar-refractivity contribution in [3.8, 4) is 0 Å². The first kappa shape index (κ1) is 14.2. The summed E-state index contributed by atoms with van der Waals surface area (Å²) >= 11 is 5.77. The van der Waals surface area contributed by atoms with Crippen molar-refractivity contribution in [3.05, 3.63) is 35.5 Å². The third-order valence-electron chi connectivity index (χ3n) is 2.75. The number of halogens is 1. The van der Waals surface area contributed by atoms with E-state index in [0.29, 0.717) is 16.1 Å². The SMILES string of the molecule is CN(CCO)S(=O)(=O)c1ccc2nc(Cl)ccc2c1. The van der Waals surface area contributed by atoms with Gasteiger partial charge in [-0.05, 0) is 30.3 Å². The van der Waals surface area contributed by atoms with Crippen LogP contribution in [0.3, 0.4) is 0 Å². The molecule has 0 aliphatic rings. The lowest BCUT2D eigenvalue weighted by Crippen LogP contribution is -2.29. The highest BCUT2D eigenvalue weighted by Crippen LogP contribution is 2.21. The van der Waals surface area contributed by atoms with Crippen molar-refractivity contribution in [1.82, 2.24) is 9.29 Å². The predicted octanol–water partition coefficient (Wildman–Crippen LogP) is 1.50. The summed E-state index contributed by atoms with van der Waals surface area (Å²) in [5.41, 5.74) is 0.635. The van der Waals surface area contributed by atoms with Crippen LogP contribution in [0.2, 0.25) is 5.15 Å². The zero-order valence-electron chi connectivity index (χ0n) is 10.2. The van der Waals surface area contributed by atoms with Gasteiger partial charge in [0.25, 0.3) is 0 Å². The molecule has 2 rings (SSSR count). The lowest BCUT2D eigenvalue weighted by molar-refractivity contribution is 0.266. The number of rotatable bonds is 4. The molecule has 102 valence electrons. The second-order valence-electron chi connectivity index (χ2n) is 4.04. The smallest absolute Gasteiger partial charge is 0.242 e.